The number of aliphatic hydroxyl groups excluding tert-OH is 1. The molecule has 2 aromatic rings. The summed E-state index contributed by atoms with van der Waals surface area (Å²) in [4.78, 5) is 0.110. The fraction of sp³-hybridized carbons (Fsp3) is 0.235. The van der Waals surface area contributed by atoms with Gasteiger partial charge in [0.2, 0.25) is 0 Å². The Hall–Kier alpha value is -1.87. The van der Waals surface area contributed by atoms with Gasteiger partial charge in [-0.05, 0) is 29.8 Å². The monoisotopic (exact) mass is 347 g/mol. The van der Waals surface area contributed by atoms with Crippen LogP contribution in [-0.2, 0) is 9.84 Å². The highest BCUT2D eigenvalue weighted by atomic mass is 35.5. The second-order valence-corrected chi connectivity index (χ2v) is 8.12. The van der Waals surface area contributed by atoms with E-state index in [4.69, 9.17) is 11.6 Å². The summed E-state index contributed by atoms with van der Waals surface area (Å²) in [6.07, 6.45) is 0. The van der Waals surface area contributed by atoms with E-state index in [1.165, 1.54) is 24.3 Å². The largest absolute Gasteiger partial charge is 0.395 e. The molecule has 4 nitrogen and oxygen atoms in total. The van der Waals surface area contributed by atoms with Crippen LogP contribution in [0.2, 0.25) is 5.02 Å². The summed E-state index contributed by atoms with van der Waals surface area (Å²) in [5.74, 6) is -0.542. The smallest absolute Gasteiger partial charge is 0.183 e. The van der Waals surface area contributed by atoms with Gasteiger partial charge in [-0.1, -0.05) is 41.9 Å². The number of sulfone groups is 1. The third-order valence-corrected chi connectivity index (χ3v) is 6.90. The molecule has 0 saturated heterocycles. The van der Waals surface area contributed by atoms with Gasteiger partial charge in [0.1, 0.15) is 5.41 Å². The van der Waals surface area contributed by atoms with Gasteiger partial charge in [-0.3, -0.25) is 0 Å². The first-order chi connectivity index (χ1) is 11.0. The van der Waals surface area contributed by atoms with Gasteiger partial charge in [0.05, 0.1) is 22.8 Å². The minimum atomic E-state index is -3.75. The van der Waals surface area contributed by atoms with E-state index in [-0.39, 0.29) is 4.90 Å². The maximum atomic E-state index is 12.9. The van der Waals surface area contributed by atoms with Crippen LogP contribution in [0.4, 0.5) is 0 Å². The van der Waals surface area contributed by atoms with Gasteiger partial charge in [0.25, 0.3) is 0 Å². The zero-order chi connectivity index (χ0) is 16.7. The summed E-state index contributed by atoms with van der Waals surface area (Å²) in [7, 11) is -3.75. The zero-order valence-corrected chi connectivity index (χ0v) is 13.6. The van der Waals surface area contributed by atoms with E-state index in [1.54, 1.807) is 24.3 Å². The molecule has 0 spiro atoms. The Morgan fingerprint density at radius 3 is 2.26 bits per heavy atom. The molecule has 0 amide bonds. The lowest BCUT2D eigenvalue weighted by atomic mass is 10.0. The lowest BCUT2D eigenvalue weighted by Gasteiger charge is -2.06. The first-order valence-electron chi connectivity index (χ1n) is 7.04. The number of benzene rings is 2. The highest BCUT2D eigenvalue weighted by Crippen LogP contribution is 2.63. The molecule has 1 aliphatic rings. The molecule has 1 fully saturated rings. The summed E-state index contributed by atoms with van der Waals surface area (Å²) < 4.78 is 25.8. The summed E-state index contributed by atoms with van der Waals surface area (Å²) in [6.45, 7) is -0.499. The zero-order valence-electron chi connectivity index (χ0n) is 12.1. The maximum Gasteiger partial charge on any atom is 0.183 e. The molecular formula is C17H14ClNO3S. The molecule has 6 heteroatoms. The quantitative estimate of drug-likeness (QED) is 0.922. The van der Waals surface area contributed by atoms with E-state index in [1.807, 2.05) is 12.1 Å². The molecule has 1 N–H and O–H groups in total. The summed E-state index contributed by atoms with van der Waals surface area (Å²) in [6, 6.07) is 16.9. The van der Waals surface area contributed by atoms with Crippen molar-refractivity contribution in [1.29, 1.82) is 5.26 Å². The lowest BCUT2D eigenvalue weighted by molar-refractivity contribution is 0.242. The third kappa shape index (κ3) is 2.43. The van der Waals surface area contributed by atoms with Crippen LogP contribution >= 0.6 is 11.6 Å². The fourth-order valence-electron chi connectivity index (χ4n) is 3.12. The van der Waals surface area contributed by atoms with Gasteiger partial charge in [-0.15, -0.1) is 0 Å². The van der Waals surface area contributed by atoms with Crippen molar-refractivity contribution in [2.75, 3.05) is 6.61 Å². The SMILES string of the molecule is N#C[C@@]1(CO)[C@H](S(=O)(=O)c2ccc(Cl)cc2)[C@@H]1c1ccccc1. The minimum Gasteiger partial charge on any atom is -0.395 e. The van der Waals surface area contributed by atoms with Crippen molar-refractivity contribution in [2.24, 2.45) is 5.41 Å². The molecule has 23 heavy (non-hydrogen) atoms. The predicted octanol–water partition coefficient (Wildman–Crippen LogP) is 2.78. The molecule has 0 heterocycles. The van der Waals surface area contributed by atoms with Crippen molar-refractivity contribution >= 4 is 21.4 Å². The van der Waals surface area contributed by atoms with Crippen LogP contribution in [0.5, 0.6) is 0 Å². The van der Waals surface area contributed by atoms with E-state index >= 15 is 0 Å². The van der Waals surface area contributed by atoms with Gasteiger partial charge in [-0.25, -0.2) is 8.42 Å². The molecule has 0 radical (unpaired) electrons. The van der Waals surface area contributed by atoms with Crippen LogP contribution in [-0.4, -0.2) is 25.4 Å². The van der Waals surface area contributed by atoms with Crippen molar-refractivity contribution in [1.82, 2.24) is 0 Å². The van der Waals surface area contributed by atoms with Crippen molar-refractivity contribution in [3.63, 3.8) is 0 Å². The average molecular weight is 348 g/mol. The Balaban J connectivity index is 2.07. The molecule has 1 saturated carbocycles. The van der Waals surface area contributed by atoms with Crippen LogP contribution in [0.3, 0.4) is 0 Å². The predicted molar refractivity (Wildman–Crippen MR) is 86.7 cm³/mol. The van der Waals surface area contributed by atoms with Crippen molar-refractivity contribution in [3.8, 4) is 6.07 Å². The first-order valence-corrected chi connectivity index (χ1v) is 8.96. The molecule has 3 rings (SSSR count). The van der Waals surface area contributed by atoms with Gasteiger partial charge >= 0.3 is 0 Å². The van der Waals surface area contributed by atoms with E-state index in [2.05, 4.69) is 0 Å². The topological polar surface area (TPSA) is 78.2 Å². The normalized spacial score (nSPS) is 26.5. The fourth-order valence-corrected chi connectivity index (χ4v) is 5.56. The molecule has 0 unspecified atom stereocenters. The molecular weight excluding hydrogens is 334 g/mol. The van der Waals surface area contributed by atoms with Crippen molar-refractivity contribution in [2.45, 2.75) is 16.1 Å². The molecule has 118 valence electrons. The molecule has 3 atom stereocenters. The highest BCUT2D eigenvalue weighted by molar-refractivity contribution is 7.92. The van der Waals surface area contributed by atoms with E-state index in [0.29, 0.717) is 5.02 Å². The maximum absolute atomic E-state index is 12.9. The second kappa shape index (κ2) is 5.64. The van der Waals surface area contributed by atoms with Crippen LogP contribution in [0.15, 0.2) is 59.5 Å². The summed E-state index contributed by atoms with van der Waals surface area (Å²) in [5.41, 5.74) is -0.564. The Morgan fingerprint density at radius 2 is 1.74 bits per heavy atom. The van der Waals surface area contributed by atoms with E-state index in [0.717, 1.165) is 5.56 Å². The highest BCUT2D eigenvalue weighted by Gasteiger charge is 2.72. The van der Waals surface area contributed by atoms with Crippen molar-refractivity contribution in [3.05, 3.63) is 65.2 Å². The molecule has 0 aromatic heterocycles. The number of halogens is 1. The van der Waals surface area contributed by atoms with Gasteiger partial charge in [-0.2, -0.15) is 5.26 Å². The van der Waals surface area contributed by atoms with Gasteiger partial charge < -0.3 is 5.11 Å². The average Bonchev–Trinajstić information content (AvgIpc) is 3.27. The van der Waals surface area contributed by atoms with E-state index < -0.39 is 33.0 Å². The minimum absolute atomic E-state index is 0.110. The Labute approximate surface area is 139 Å². The summed E-state index contributed by atoms with van der Waals surface area (Å²) in [5, 5.41) is 18.7. The van der Waals surface area contributed by atoms with E-state index in [9.17, 15) is 18.8 Å². The molecule has 0 bridgehead atoms. The second-order valence-electron chi connectivity index (χ2n) is 5.62. The summed E-state index contributed by atoms with van der Waals surface area (Å²) >= 11 is 5.80. The molecule has 2 aromatic carbocycles. The third-order valence-electron chi connectivity index (χ3n) is 4.36. The number of hydrogen-bond acceptors (Lipinski definition) is 4. The number of hydrogen-bond donors (Lipinski definition) is 1. The standard InChI is InChI=1S/C17H14ClNO3S/c18-13-6-8-14(9-7-13)23(21,22)16-15(17(16,10-19)11-20)12-4-2-1-3-5-12/h1-9,15-16,20H,11H2/t15-,16+,17-/m0/s1. The Kier molecular flexibility index (Phi) is 3.93. The molecule has 1 aliphatic carbocycles. The number of aliphatic hydroxyl groups is 1. The van der Waals surface area contributed by atoms with Crippen molar-refractivity contribution < 1.29 is 13.5 Å². The number of nitriles is 1. The van der Waals surface area contributed by atoms with Crippen LogP contribution in [0.25, 0.3) is 0 Å². The number of nitrogens with zero attached hydrogens (tertiary/aromatic N) is 1. The van der Waals surface area contributed by atoms with Gasteiger partial charge in [0, 0.05) is 10.9 Å². The molecule has 0 aliphatic heterocycles. The van der Waals surface area contributed by atoms with Gasteiger partial charge in [0.15, 0.2) is 9.84 Å². The number of rotatable bonds is 4. The Morgan fingerprint density at radius 1 is 1.13 bits per heavy atom. The van der Waals surface area contributed by atoms with Crippen LogP contribution in [0.1, 0.15) is 11.5 Å². The van der Waals surface area contributed by atoms with Crippen LogP contribution in [0, 0.1) is 16.7 Å². The van der Waals surface area contributed by atoms with Crippen LogP contribution < -0.4 is 0 Å². The Bertz CT molecular complexity index is 859. The lowest BCUT2D eigenvalue weighted by Crippen LogP contribution is -2.18. The first kappa shape index (κ1) is 16.0.